The molecular formula is C3H11N3O3S. The van der Waals surface area contributed by atoms with Crippen LogP contribution < -0.4 is 11.5 Å². The monoisotopic (exact) mass is 169 g/mol. The van der Waals surface area contributed by atoms with Crippen LogP contribution in [0, 0.1) is 0 Å². The summed E-state index contributed by atoms with van der Waals surface area (Å²) in [5.74, 6) is 0.130. The van der Waals surface area contributed by atoms with E-state index < -0.39 is 10.1 Å². The van der Waals surface area contributed by atoms with Crippen LogP contribution in [0.4, 0.5) is 0 Å². The third-order valence-electron chi connectivity index (χ3n) is 0.258. The van der Waals surface area contributed by atoms with Crippen molar-refractivity contribution in [2.75, 3.05) is 13.3 Å². The number of hydrogen-bond donors (Lipinski definition) is 3. The Labute approximate surface area is 59.7 Å². The van der Waals surface area contributed by atoms with Crippen LogP contribution in [0.2, 0.25) is 0 Å². The highest BCUT2D eigenvalue weighted by Crippen LogP contribution is 1.60. The van der Waals surface area contributed by atoms with E-state index in [9.17, 15) is 8.42 Å². The van der Waals surface area contributed by atoms with E-state index in [2.05, 4.69) is 4.99 Å². The molecule has 0 aliphatic heterocycles. The lowest BCUT2D eigenvalue weighted by atomic mass is 11.1. The molecule has 0 radical (unpaired) electrons. The molecule has 0 bridgehead atoms. The molecule has 0 aromatic carbocycles. The second kappa shape index (κ2) is 5.00. The van der Waals surface area contributed by atoms with Gasteiger partial charge in [-0.3, -0.25) is 9.55 Å². The Morgan fingerprint density at radius 1 is 1.50 bits per heavy atom. The zero-order valence-electron chi connectivity index (χ0n) is 5.77. The Morgan fingerprint density at radius 3 is 1.60 bits per heavy atom. The van der Waals surface area contributed by atoms with Crippen LogP contribution in [0.25, 0.3) is 0 Å². The zero-order valence-corrected chi connectivity index (χ0v) is 6.59. The van der Waals surface area contributed by atoms with Gasteiger partial charge in [0, 0.05) is 7.05 Å². The van der Waals surface area contributed by atoms with Gasteiger partial charge in [-0.25, -0.2) is 0 Å². The third-order valence-corrected chi connectivity index (χ3v) is 0.258. The smallest absolute Gasteiger partial charge is 0.261 e. The van der Waals surface area contributed by atoms with E-state index in [-0.39, 0.29) is 5.96 Å². The maximum atomic E-state index is 9.19. The Kier molecular flexibility index (Phi) is 5.96. The Morgan fingerprint density at radius 2 is 1.60 bits per heavy atom. The molecule has 0 heterocycles. The minimum atomic E-state index is -3.67. The fourth-order valence-corrected chi connectivity index (χ4v) is 0. The molecule has 0 spiro atoms. The average Bonchev–Trinajstić information content (AvgIpc) is 1.61. The predicted molar refractivity (Wildman–Crippen MR) is 39.2 cm³/mol. The zero-order chi connectivity index (χ0) is 8.78. The molecule has 0 saturated carbocycles. The normalized spacial score (nSPS) is 9.10. The first kappa shape index (κ1) is 11.9. The van der Waals surface area contributed by atoms with Crippen molar-refractivity contribution in [3.63, 3.8) is 0 Å². The van der Waals surface area contributed by atoms with E-state index in [4.69, 9.17) is 16.0 Å². The molecule has 7 heteroatoms. The van der Waals surface area contributed by atoms with Crippen molar-refractivity contribution >= 4 is 16.1 Å². The van der Waals surface area contributed by atoms with Gasteiger partial charge in [-0.15, -0.1) is 0 Å². The molecule has 0 rings (SSSR count). The molecule has 10 heavy (non-hydrogen) atoms. The van der Waals surface area contributed by atoms with Crippen molar-refractivity contribution in [1.29, 1.82) is 0 Å². The SMILES string of the molecule is CN=C(N)N.CS(=O)(=O)O. The maximum absolute atomic E-state index is 9.19. The average molecular weight is 169 g/mol. The Balaban J connectivity index is 0. The second-order valence-corrected chi connectivity index (χ2v) is 2.85. The molecular weight excluding hydrogens is 158 g/mol. The summed E-state index contributed by atoms with van der Waals surface area (Å²) in [6, 6.07) is 0. The van der Waals surface area contributed by atoms with Crippen molar-refractivity contribution < 1.29 is 13.0 Å². The summed E-state index contributed by atoms with van der Waals surface area (Å²) in [6.07, 6.45) is 0.715. The summed E-state index contributed by atoms with van der Waals surface area (Å²) >= 11 is 0. The van der Waals surface area contributed by atoms with E-state index in [0.29, 0.717) is 6.26 Å². The number of nitrogens with two attached hydrogens (primary N) is 2. The lowest BCUT2D eigenvalue weighted by Crippen LogP contribution is -2.21. The van der Waals surface area contributed by atoms with Crippen LogP contribution in [-0.4, -0.2) is 32.2 Å². The molecule has 0 aromatic rings. The van der Waals surface area contributed by atoms with E-state index in [1.807, 2.05) is 0 Å². The van der Waals surface area contributed by atoms with Gasteiger partial charge in [0.15, 0.2) is 5.96 Å². The predicted octanol–water partition coefficient (Wildman–Crippen LogP) is -1.61. The lowest BCUT2D eigenvalue weighted by Gasteiger charge is -1.77. The maximum Gasteiger partial charge on any atom is 0.261 e. The first-order valence-electron chi connectivity index (χ1n) is 2.17. The van der Waals surface area contributed by atoms with Crippen LogP contribution in [-0.2, 0) is 10.1 Å². The summed E-state index contributed by atoms with van der Waals surface area (Å²) in [7, 11) is -2.13. The van der Waals surface area contributed by atoms with Crippen molar-refractivity contribution in [3.05, 3.63) is 0 Å². The lowest BCUT2D eigenvalue weighted by molar-refractivity contribution is 0.490. The fraction of sp³-hybridized carbons (Fsp3) is 0.667. The van der Waals surface area contributed by atoms with Crippen molar-refractivity contribution in [3.8, 4) is 0 Å². The van der Waals surface area contributed by atoms with Gasteiger partial charge in [0.25, 0.3) is 10.1 Å². The largest absolute Gasteiger partial charge is 0.370 e. The van der Waals surface area contributed by atoms with E-state index in [0.717, 1.165) is 0 Å². The molecule has 5 N–H and O–H groups in total. The van der Waals surface area contributed by atoms with E-state index >= 15 is 0 Å². The Hall–Kier alpha value is -0.820. The van der Waals surface area contributed by atoms with Gasteiger partial charge in [0.2, 0.25) is 0 Å². The minimum Gasteiger partial charge on any atom is -0.370 e. The molecule has 0 aromatic heterocycles. The summed E-state index contributed by atoms with van der Waals surface area (Å²) in [5, 5.41) is 0. The number of hydrogen-bond acceptors (Lipinski definition) is 3. The van der Waals surface area contributed by atoms with Crippen LogP contribution in [0.5, 0.6) is 0 Å². The van der Waals surface area contributed by atoms with Crippen LogP contribution in [0.1, 0.15) is 0 Å². The van der Waals surface area contributed by atoms with Crippen molar-refractivity contribution in [1.82, 2.24) is 0 Å². The second-order valence-electron chi connectivity index (χ2n) is 1.38. The number of aliphatic imine (C=N–C) groups is 1. The molecule has 6 nitrogen and oxygen atoms in total. The molecule has 0 aliphatic carbocycles. The molecule has 0 fully saturated rings. The highest BCUT2D eigenvalue weighted by molar-refractivity contribution is 7.85. The molecule has 0 aliphatic rings. The van der Waals surface area contributed by atoms with Gasteiger partial charge in [-0.1, -0.05) is 0 Å². The summed E-state index contributed by atoms with van der Waals surface area (Å²) in [4.78, 5) is 3.36. The number of guanidine groups is 1. The molecule has 62 valence electrons. The number of rotatable bonds is 0. The van der Waals surface area contributed by atoms with Gasteiger partial charge >= 0.3 is 0 Å². The van der Waals surface area contributed by atoms with Gasteiger partial charge in [0.1, 0.15) is 0 Å². The van der Waals surface area contributed by atoms with E-state index in [1.54, 1.807) is 0 Å². The molecule has 0 atom stereocenters. The third kappa shape index (κ3) is 197. The molecule has 0 unspecified atom stereocenters. The topological polar surface area (TPSA) is 119 Å². The fourth-order valence-electron chi connectivity index (χ4n) is 0. The number of nitrogens with zero attached hydrogens (tertiary/aromatic N) is 1. The standard InChI is InChI=1S/C2H7N3.CH4O3S/c1-5-2(3)4;1-5(2,3)4/h1H3,(H4,3,4,5);1H3,(H,2,3,4). The van der Waals surface area contributed by atoms with Crippen LogP contribution >= 0.6 is 0 Å². The summed E-state index contributed by atoms with van der Waals surface area (Å²) in [5.41, 5.74) is 9.64. The van der Waals surface area contributed by atoms with Crippen LogP contribution in [0.3, 0.4) is 0 Å². The first-order valence-corrected chi connectivity index (χ1v) is 4.02. The summed E-state index contributed by atoms with van der Waals surface area (Å²) in [6.45, 7) is 0. The van der Waals surface area contributed by atoms with Crippen LogP contribution in [0.15, 0.2) is 4.99 Å². The van der Waals surface area contributed by atoms with Crippen molar-refractivity contribution in [2.45, 2.75) is 0 Å². The Bertz CT molecular complexity index is 183. The first-order chi connectivity index (χ1) is 4.27. The highest BCUT2D eigenvalue weighted by Gasteiger charge is 1.81. The van der Waals surface area contributed by atoms with Crippen molar-refractivity contribution in [2.24, 2.45) is 16.5 Å². The summed E-state index contributed by atoms with van der Waals surface area (Å²) < 4.78 is 25.9. The van der Waals surface area contributed by atoms with E-state index in [1.165, 1.54) is 7.05 Å². The van der Waals surface area contributed by atoms with Gasteiger partial charge < -0.3 is 11.5 Å². The molecule has 0 saturated heterocycles. The van der Waals surface area contributed by atoms with Gasteiger partial charge in [0.05, 0.1) is 6.26 Å². The highest BCUT2D eigenvalue weighted by atomic mass is 32.2. The molecule has 0 amide bonds. The van der Waals surface area contributed by atoms with Gasteiger partial charge in [-0.2, -0.15) is 8.42 Å². The minimum absolute atomic E-state index is 0.130. The quantitative estimate of drug-likeness (QED) is 0.229. The van der Waals surface area contributed by atoms with Gasteiger partial charge in [-0.05, 0) is 0 Å².